The third kappa shape index (κ3) is 4.26. The van der Waals surface area contributed by atoms with Crippen LogP contribution in [0.2, 0.25) is 0 Å². The summed E-state index contributed by atoms with van der Waals surface area (Å²) in [6.07, 6.45) is 3.93. The number of nitrogens with one attached hydrogen (secondary N) is 1. The molecule has 0 fully saturated rings. The van der Waals surface area contributed by atoms with Gasteiger partial charge >= 0.3 is 0 Å². The van der Waals surface area contributed by atoms with Crippen LogP contribution in [-0.4, -0.2) is 33.9 Å². The number of fused-ring (bicyclic) bond motifs is 2. The first-order valence-corrected chi connectivity index (χ1v) is 12.2. The molecule has 4 aromatic rings. The van der Waals surface area contributed by atoms with Crippen LogP contribution in [0.4, 0.5) is 5.13 Å². The molecule has 0 aliphatic carbocycles. The molecule has 2 aromatic heterocycles. The molecular weight excluding hydrogens is 424 g/mol. The summed E-state index contributed by atoms with van der Waals surface area (Å²) < 4.78 is 1.25. The lowest BCUT2D eigenvalue weighted by Gasteiger charge is -2.28. The first kappa shape index (κ1) is 20.3. The summed E-state index contributed by atoms with van der Waals surface area (Å²) in [6, 6.07) is 13.8. The van der Waals surface area contributed by atoms with Gasteiger partial charge in [-0.1, -0.05) is 29.5 Å². The van der Waals surface area contributed by atoms with E-state index in [2.05, 4.69) is 63.5 Å². The fourth-order valence-electron chi connectivity index (χ4n) is 4.24. The Hall–Kier alpha value is -2.61. The Morgan fingerprint density at radius 3 is 2.77 bits per heavy atom. The maximum atomic E-state index is 11.3. The first-order chi connectivity index (χ1) is 15.1. The van der Waals surface area contributed by atoms with Gasteiger partial charge in [0.15, 0.2) is 5.13 Å². The SMILES string of the molecule is CC(=O)Nc1ncc(-c2ccc3c(c2)CCN(C(C)c2ccc4scnc4c2)CC3)s1. The summed E-state index contributed by atoms with van der Waals surface area (Å²) in [6.45, 7) is 5.89. The second kappa shape index (κ2) is 8.49. The van der Waals surface area contributed by atoms with Crippen molar-refractivity contribution in [3.63, 3.8) is 0 Å². The van der Waals surface area contributed by atoms with Crippen LogP contribution < -0.4 is 5.32 Å². The van der Waals surface area contributed by atoms with Gasteiger partial charge < -0.3 is 5.32 Å². The van der Waals surface area contributed by atoms with Gasteiger partial charge in [0, 0.05) is 32.3 Å². The van der Waals surface area contributed by atoms with E-state index in [1.807, 2.05) is 11.7 Å². The van der Waals surface area contributed by atoms with E-state index in [1.54, 1.807) is 11.3 Å². The Balaban J connectivity index is 1.33. The fraction of sp³-hybridized carbons (Fsp3) is 0.292. The normalized spacial score (nSPS) is 15.4. The van der Waals surface area contributed by atoms with Gasteiger partial charge in [0.1, 0.15) is 0 Å². The molecule has 2 aromatic carbocycles. The molecule has 1 N–H and O–H groups in total. The van der Waals surface area contributed by atoms with E-state index >= 15 is 0 Å². The van der Waals surface area contributed by atoms with Gasteiger partial charge in [-0.2, -0.15) is 0 Å². The summed E-state index contributed by atoms with van der Waals surface area (Å²) in [4.78, 5) is 23.7. The number of carbonyl (C=O) groups excluding carboxylic acids is 1. The summed E-state index contributed by atoms with van der Waals surface area (Å²) in [5.74, 6) is -0.0917. The maximum absolute atomic E-state index is 11.3. The predicted molar refractivity (Wildman–Crippen MR) is 129 cm³/mol. The molecule has 1 aliphatic rings. The van der Waals surface area contributed by atoms with Crippen molar-refractivity contribution >= 4 is 43.9 Å². The van der Waals surface area contributed by atoms with Crippen molar-refractivity contribution in [3.05, 3.63) is 64.8 Å². The number of nitrogens with zero attached hydrogens (tertiary/aromatic N) is 3. The molecule has 0 saturated carbocycles. The lowest BCUT2D eigenvalue weighted by molar-refractivity contribution is -0.114. The van der Waals surface area contributed by atoms with Gasteiger partial charge in [0.25, 0.3) is 0 Å². The maximum Gasteiger partial charge on any atom is 0.223 e. The van der Waals surface area contributed by atoms with E-state index in [0.29, 0.717) is 11.2 Å². The molecule has 7 heteroatoms. The number of thiazole rings is 2. The quantitative estimate of drug-likeness (QED) is 0.445. The highest BCUT2D eigenvalue weighted by molar-refractivity contribution is 7.19. The molecule has 0 spiro atoms. The Morgan fingerprint density at radius 2 is 1.94 bits per heavy atom. The number of anilines is 1. The van der Waals surface area contributed by atoms with Gasteiger partial charge in [-0.15, -0.1) is 11.3 Å². The molecule has 158 valence electrons. The van der Waals surface area contributed by atoms with Gasteiger partial charge in [0.05, 0.1) is 20.6 Å². The fourth-order valence-corrected chi connectivity index (χ4v) is 5.76. The van der Waals surface area contributed by atoms with Crippen molar-refractivity contribution < 1.29 is 4.79 Å². The van der Waals surface area contributed by atoms with Crippen LogP contribution in [0.1, 0.15) is 36.6 Å². The van der Waals surface area contributed by atoms with Crippen molar-refractivity contribution in [3.8, 4) is 10.4 Å². The predicted octanol–water partition coefficient (Wildman–Crippen LogP) is 5.54. The molecule has 0 saturated heterocycles. The van der Waals surface area contributed by atoms with Crippen LogP contribution in [0.15, 0.2) is 48.1 Å². The Bertz CT molecular complexity index is 1250. The average molecular weight is 449 g/mol. The monoisotopic (exact) mass is 448 g/mol. The molecule has 0 radical (unpaired) electrons. The second-order valence-corrected chi connectivity index (χ2v) is 9.90. The lowest BCUT2D eigenvalue weighted by atomic mass is 10.00. The minimum Gasteiger partial charge on any atom is -0.302 e. The number of hydrogen-bond acceptors (Lipinski definition) is 6. The van der Waals surface area contributed by atoms with E-state index in [-0.39, 0.29) is 5.91 Å². The van der Waals surface area contributed by atoms with Crippen LogP contribution in [0, 0.1) is 0 Å². The van der Waals surface area contributed by atoms with Crippen LogP contribution >= 0.6 is 22.7 Å². The van der Waals surface area contributed by atoms with E-state index < -0.39 is 0 Å². The molecule has 1 unspecified atom stereocenters. The summed E-state index contributed by atoms with van der Waals surface area (Å²) in [5, 5.41) is 3.42. The highest BCUT2D eigenvalue weighted by atomic mass is 32.1. The molecule has 31 heavy (non-hydrogen) atoms. The minimum atomic E-state index is -0.0917. The summed E-state index contributed by atoms with van der Waals surface area (Å²) >= 11 is 3.21. The molecule has 1 amide bonds. The number of aromatic nitrogens is 2. The summed E-state index contributed by atoms with van der Waals surface area (Å²) in [5.41, 5.74) is 8.36. The summed E-state index contributed by atoms with van der Waals surface area (Å²) in [7, 11) is 0. The Morgan fingerprint density at radius 1 is 1.10 bits per heavy atom. The van der Waals surface area contributed by atoms with Crippen LogP contribution in [0.25, 0.3) is 20.7 Å². The number of rotatable bonds is 4. The van der Waals surface area contributed by atoms with E-state index in [1.165, 1.54) is 45.2 Å². The highest BCUT2D eigenvalue weighted by Crippen LogP contribution is 2.32. The Labute approximate surface area is 189 Å². The van der Waals surface area contributed by atoms with E-state index in [0.717, 1.165) is 36.3 Å². The third-order valence-corrected chi connectivity index (χ3v) is 7.77. The molecule has 0 bridgehead atoms. The average Bonchev–Trinajstić information content (AvgIpc) is 3.37. The highest BCUT2D eigenvalue weighted by Gasteiger charge is 2.21. The van der Waals surface area contributed by atoms with Crippen molar-refractivity contribution in [2.45, 2.75) is 32.7 Å². The zero-order valence-corrected chi connectivity index (χ0v) is 19.2. The molecule has 3 heterocycles. The smallest absolute Gasteiger partial charge is 0.223 e. The van der Waals surface area contributed by atoms with E-state index in [9.17, 15) is 4.79 Å². The lowest BCUT2D eigenvalue weighted by Crippen LogP contribution is -2.29. The second-order valence-electron chi connectivity index (χ2n) is 7.99. The molecular formula is C24H24N4OS2. The number of carbonyl (C=O) groups is 1. The van der Waals surface area contributed by atoms with Gasteiger partial charge in [0.2, 0.25) is 5.91 Å². The number of amides is 1. The van der Waals surface area contributed by atoms with Crippen molar-refractivity contribution in [1.29, 1.82) is 0 Å². The van der Waals surface area contributed by atoms with Crippen molar-refractivity contribution in [2.24, 2.45) is 0 Å². The van der Waals surface area contributed by atoms with Gasteiger partial charge in [-0.3, -0.25) is 9.69 Å². The standard InChI is InChI=1S/C24H24N4OS2/c1-15(18-5-6-22-21(12-18)26-14-30-22)28-9-7-17-3-4-20(11-19(17)8-10-28)23-13-25-24(31-23)27-16(2)29/h3-6,11-15H,7-10H2,1-2H3,(H,25,27,29). The Kier molecular flexibility index (Phi) is 5.56. The van der Waals surface area contributed by atoms with Gasteiger partial charge in [-0.05, 0) is 60.2 Å². The number of benzene rings is 2. The molecule has 1 atom stereocenters. The zero-order valence-electron chi connectivity index (χ0n) is 17.6. The zero-order chi connectivity index (χ0) is 21.4. The largest absolute Gasteiger partial charge is 0.302 e. The van der Waals surface area contributed by atoms with E-state index in [4.69, 9.17) is 0 Å². The minimum absolute atomic E-state index is 0.0917. The van der Waals surface area contributed by atoms with Crippen molar-refractivity contribution in [2.75, 3.05) is 18.4 Å². The first-order valence-electron chi connectivity index (χ1n) is 10.5. The molecule has 1 aliphatic heterocycles. The van der Waals surface area contributed by atoms with Crippen LogP contribution in [-0.2, 0) is 17.6 Å². The topological polar surface area (TPSA) is 58.1 Å². The molecule has 5 nitrogen and oxygen atoms in total. The number of hydrogen-bond donors (Lipinski definition) is 1. The van der Waals surface area contributed by atoms with Gasteiger partial charge in [-0.25, -0.2) is 9.97 Å². The van der Waals surface area contributed by atoms with Crippen LogP contribution in [0.3, 0.4) is 0 Å². The van der Waals surface area contributed by atoms with Crippen molar-refractivity contribution in [1.82, 2.24) is 14.9 Å². The molecule has 5 rings (SSSR count). The van der Waals surface area contributed by atoms with Crippen LogP contribution in [0.5, 0.6) is 0 Å². The third-order valence-electron chi connectivity index (χ3n) is 6.00.